The number of hydrogen-bond donors (Lipinski definition) is 1. The van der Waals surface area contributed by atoms with E-state index < -0.39 is 28.5 Å². The Balaban J connectivity index is 2.09. The van der Waals surface area contributed by atoms with Crippen molar-refractivity contribution in [3.05, 3.63) is 87.9 Å². The molecule has 0 heterocycles. The van der Waals surface area contributed by atoms with Crippen LogP contribution in [0.4, 0.5) is 5.69 Å². The Hall–Kier alpha value is -3.27. The molecule has 0 spiro atoms. The second-order valence-corrected chi connectivity index (χ2v) is 11.5. The van der Waals surface area contributed by atoms with E-state index in [0.29, 0.717) is 22.2 Å². The lowest BCUT2D eigenvalue weighted by Crippen LogP contribution is -2.51. The van der Waals surface area contributed by atoms with E-state index in [1.165, 1.54) is 24.1 Å². The third-order valence-corrected chi connectivity index (χ3v) is 8.48. The van der Waals surface area contributed by atoms with Gasteiger partial charge in [-0.25, -0.2) is 8.42 Å². The number of sulfonamides is 1. The fourth-order valence-electron chi connectivity index (χ4n) is 3.92. The Labute approximate surface area is 239 Å². The SMILES string of the molecule is CCNC(=O)[C@H](C)N(Cc1ccc(Cl)cc1Cl)C(=O)CN(c1ccccc1OC)S(=O)(=O)c1ccc(C)cc1. The van der Waals surface area contributed by atoms with Crippen LogP contribution in [0, 0.1) is 6.92 Å². The van der Waals surface area contributed by atoms with Crippen molar-refractivity contribution in [1.29, 1.82) is 0 Å². The molecule has 0 radical (unpaired) electrons. The average Bonchev–Trinajstić information content (AvgIpc) is 2.91. The number of para-hydroxylation sites is 2. The number of hydrogen-bond acceptors (Lipinski definition) is 5. The number of likely N-dealkylation sites (N-methyl/N-ethyl adjacent to an activating group) is 1. The molecule has 8 nitrogen and oxygen atoms in total. The Kier molecular flexibility index (Phi) is 10.2. The smallest absolute Gasteiger partial charge is 0.264 e. The molecule has 0 aliphatic rings. The van der Waals surface area contributed by atoms with Crippen molar-refractivity contribution in [2.45, 2.75) is 38.3 Å². The topological polar surface area (TPSA) is 96.0 Å². The number of nitrogens with zero attached hydrogens (tertiary/aromatic N) is 2. The van der Waals surface area contributed by atoms with Crippen molar-refractivity contribution in [3.63, 3.8) is 0 Å². The number of carbonyl (C=O) groups excluding carboxylic acids is 2. The third-order valence-electron chi connectivity index (χ3n) is 6.12. The summed E-state index contributed by atoms with van der Waals surface area (Å²) in [6, 6.07) is 16.8. The van der Waals surface area contributed by atoms with Crippen LogP contribution in [0.5, 0.6) is 5.75 Å². The molecule has 0 aliphatic carbocycles. The summed E-state index contributed by atoms with van der Waals surface area (Å²) in [5.74, 6) is -0.729. The third kappa shape index (κ3) is 7.23. The molecule has 1 atom stereocenters. The van der Waals surface area contributed by atoms with Crippen molar-refractivity contribution >= 4 is 50.7 Å². The van der Waals surface area contributed by atoms with E-state index in [4.69, 9.17) is 27.9 Å². The van der Waals surface area contributed by atoms with Crippen LogP contribution in [0.1, 0.15) is 25.0 Å². The maximum atomic E-state index is 13.9. The molecule has 0 fully saturated rings. The molecule has 3 aromatic rings. The predicted molar refractivity (Wildman–Crippen MR) is 154 cm³/mol. The second kappa shape index (κ2) is 13.2. The molecule has 3 aromatic carbocycles. The van der Waals surface area contributed by atoms with Crippen LogP contribution >= 0.6 is 23.2 Å². The molecule has 2 amide bonds. The molecule has 0 aliphatic heterocycles. The molecule has 11 heteroatoms. The van der Waals surface area contributed by atoms with Gasteiger partial charge in [0.05, 0.1) is 17.7 Å². The summed E-state index contributed by atoms with van der Waals surface area (Å²) in [5, 5.41) is 3.45. The first-order chi connectivity index (χ1) is 18.5. The van der Waals surface area contributed by atoms with Gasteiger partial charge in [-0.15, -0.1) is 0 Å². The molecule has 3 rings (SSSR count). The van der Waals surface area contributed by atoms with Gasteiger partial charge < -0.3 is 15.0 Å². The number of benzene rings is 3. The van der Waals surface area contributed by atoms with Crippen molar-refractivity contribution in [3.8, 4) is 5.75 Å². The van der Waals surface area contributed by atoms with Crippen LogP contribution in [0.3, 0.4) is 0 Å². The minimum atomic E-state index is -4.21. The van der Waals surface area contributed by atoms with Crippen molar-refractivity contribution in [1.82, 2.24) is 10.2 Å². The zero-order chi connectivity index (χ0) is 28.7. The molecule has 0 aromatic heterocycles. The Bertz CT molecular complexity index is 1430. The van der Waals surface area contributed by atoms with Crippen LogP contribution < -0.4 is 14.4 Å². The minimum absolute atomic E-state index is 0.0101. The molecule has 1 N–H and O–H groups in total. The van der Waals surface area contributed by atoms with Gasteiger partial charge in [-0.2, -0.15) is 0 Å². The van der Waals surface area contributed by atoms with Gasteiger partial charge in [0.2, 0.25) is 11.8 Å². The predicted octanol–water partition coefficient (Wildman–Crippen LogP) is 5.06. The summed E-state index contributed by atoms with van der Waals surface area (Å²) in [6.45, 7) is 4.92. The van der Waals surface area contributed by atoms with Crippen molar-refractivity contribution in [2.24, 2.45) is 0 Å². The summed E-state index contributed by atoms with van der Waals surface area (Å²) < 4.78 is 34.3. The van der Waals surface area contributed by atoms with Crippen LogP contribution in [0.15, 0.2) is 71.6 Å². The monoisotopic (exact) mass is 591 g/mol. The zero-order valence-corrected chi connectivity index (χ0v) is 24.5. The molecule has 0 saturated carbocycles. The van der Waals surface area contributed by atoms with Crippen LogP contribution in [0.25, 0.3) is 0 Å². The lowest BCUT2D eigenvalue weighted by Gasteiger charge is -2.32. The second-order valence-electron chi connectivity index (χ2n) is 8.82. The van der Waals surface area contributed by atoms with Crippen LogP contribution in [-0.2, 0) is 26.2 Å². The maximum absolute atomic E-state index is 13.9. The quantitative estimate of drug-likeness (QED) is 0.336. The van der Waals surface area contributed by atoms with Gasteiger partial charge >= 0.3 is 0 Å². The highest BCUT2D eigenvalue weighted by Gasteiger charge is 2.33. The number of methoxy groups -OCH3 is 1. The summed E-state index contributed by atoms with van der Waals surface area (Å²) >= 11 is 12.4. The average molecular weight is 593 g/mol. The number of carbonyl (C=O) groups is 2. The van der Waals surface area contributed by atoms with E-state index in [-0.39, 0.29) is 28.8 Å². The van der Waals surface area contributed by atoms with E-state index in [1.54, 1.807) is 68.4 Å². The van der Waals surface area contributed by atoms with Gasteiger partial charge in [0.15, 0.2) is 0 Å². The van der Waals surface area contributed by atoms with E-state index in [9.17, 15) is 18.0 Å². The number of rotatable bonds is 11. The summed E-state index contributed by atoms with van der Waals surface area (Å²) in [4.78, 5) is 28.0. The van der Waals surface area contributed by atoms with Gasteiger partial charge in [0, 0.05) is 23.1 Å². The first-order valence-electron chi connectivity index (χ1n) is 12.2. The molecular formula is C28H31Cl2N3O5S. The molecule has 0 saturated heterocycles. The number of anilines is 1. The summed E-state index contributed by atoms with van der Waals surface area (Å²) in [5.41, 5.74) is 1.62. The van der Waals surface area contributed by atoms with Gasteiger partial charge in [-0.1, -0.05) is 59.1 Å². The number of nitrogens with one attached hydrogen (secondary N) is 1. The number of halogens is 2. The molecule has 39 heavy (non-hydrogen) atoms. The Morgan fingerprint density at radius 3 is 2.31 bits per heavy atom. The van der Waals surface area contributed by atoms with E-state index in [1.807, 2.05) is 6.92 Å². The number of ether oxygens (including phenoxy) is 1. The normalized spacial score (nSPS) is 11.9. The highest BCUT2D eigenvalue weighted by atomic mass is 35.5. The molecule has 0 bridgehead atoms. The minimum Gasteiger partial charge on any atom is -0.495 e. The van der Waals surface area contributed by atoms with Gasteiger partial charge in [0.25, 0.3) is 10.0 Å². The Morgan fingerprint density at radius 1 is 1.03 bits per heavy atom. The van der Waals surface area contributed by atoms with Crippen molar-refractivity contribution in [2.75, 3.05) is 24.5 Å². The largest absolute Gasteiger partial charge is 0.495 e. The maximum Gasteiger partial charge on any atom is 0.264 e. The highest BCUT2D eigenvalue weighted by molar-refractivity contribution is 7.92. The van der Waals surface area contributed by atoms with Crippen LogP contribution in [0.2, 0.25) is 10.0 Å². The summed E-state index contributed by atoms with van der Waals surface area (Å²) in [6.07, 6.45) is 0. The van der Waals surface area contributed by atoms with Gasteiger partial charge in [-0.05, 0) is 62.7 Å². The van der Waals surface area contributed by atoms with Crippen LogP contribution in [-0.4, -0.2) is 51.4 Å². The first kappa shape index (κ1) is 30.3. The Morgan fingerprint density at radius 2 is 1.69 bits per heavy atom. The highest BCUT2D eigenvalue weighted by Crippen LogP contribution is 2.33. The van der Waals surface area contributed by atoms with Gasteiger partial charge in [-0.3, -0.25) is 13.9 Å². The molecular weight excluding hydrogens is 561 g/mol. The number of aryl methyl sites for hydroxylation is 1. The summed E-state index contributed by atoms with van der Waals surface area (Å²) in [7, 11) is -2.79. The van der Waals surface area contributed by atoms with E-state index >= 15 is 0 Å². The van der Waals surface area contributed by atoms with Crippen molar-refractivity contribution < 1.29 is 22.7 Å². The lowest BCUT2D eigenvalue weighted by molar-refractivity contribution is -0.139. The van der Waals surface area contributed by atoms with Gasteiger partial charge in [0.1, 0.15) is 18.3 Å². The fourth-order valence-corrected chi connectivity index (χ4v) is 5.82. The zero-order valence-electron chi connectivity index (χ0n) is 22.1. The first-order valence-corrected chi connectivity index (χ1v) is 14.4. The number of amides is 2. The molecule has 0 unspecified atom stereocenters. The standard InChI is InChI=1S/C28H31Cl2N3O5S/c1-5-31-28(35)20(3)32(17-21-12-13-22(29)16-24(21)30)27(34)18-33(25-8-6-7-9-26(25)38-4)39(36,37)23-14-10-19(2)11-15-23/h6-16,20H,5,17-18H2,1-4H3,(H,31,35)/t20-/m0/s1. The van der Waals surface area contributed by atoms with E-state index in [0.717, 1.165) is 9.87 Å². The fraction of sp³-hybridized carbons (Fsp3) is 0.286. The lowest BCUT2D eigenvalue weighted by atomic mass is 10.1. The molecule has 208 valence electrons. The van der Waals surface area contributed by atoms with E-state index in [2.05, 4.69) is 5.32 Å².